The van der Waals surface area contributed by atoms with Gasteiger partial charge in [-0.1, -0.05) is 5.16 Å². The Kier molecular flexibility index (Phi) is 2.17. The third kappa shape index (κ3) is 1.47. The molecule has 3 saturated heterocycles. The molecule has 1 aromatic rings. The van der Waals surface area contributed by atoms with Crippen molar-refractivity contribution >= 4 is 5.71 Å². The molecule has 0 amide bonds. The lowest BCUT2D eigenvalue weighted by Crippen LogP contribution is -2.59. The van der Waals surface area contributed by atoms with E-state index in [9.17, 15) is 0 Å². The van der Waals surface area contributed by atoms with Gasteiger partial charge in [0.1, 0.15) is 11.4 Å². The van der Waals surface area contributed by atoms with Crippen LogP contribution in [-0.4, -0.2) is 45.8 Å². The van der Waals surface area contributed by atoms with Crippen molar-refractivity contribution in [1.82, 2.24) is 14.9 Å². The molecule has 1 spiro atoms. The second kappa shape index (κ2) is 3.75. The molecule has 0 radical (unpaired) electrons. The predicted molar refractivity (Wildman–Crippen MR) is 66.2 cm³/mol. The van der Waals surface area contributed by atoms with Crippen LogP contribution in [0.5, 0.6) is 0 Å². The van der Waals surface area contributed by atoms with Gasteiger partial charge in [0.2, 0.25) is 0 Å². The van der Waals surface area contributed by atoms with Crippen molar-refractivity contribution in [3.63, 3.8) is 0 Å². The van der Waals surface area contributed by atoms with Crippen LogP contribution in [-0.2, 0) is 4.84 Å². The Hall–Kier alpha value is -1.49. The van der Waals surface area contributed by atoms with E-state index in [0.717, 1.165) is 24.4 Å². The Labute approximate surface area is 106 Å². The average Bonchev–Trinajstić information content (AvgIpc) is 2.85. The van der Waals surface area contributed by atoms with Crippen molar-refractivity contribution in [2.75, 3.05) is 19.6 Å². The largest absolute Gasteiger partial charge is 0.387 e. The molecular weight excluding hydrogens is 228 g/mol. The van der Waals surface area contributed by atoms with Gasteiger partial charge in [-0.2, -0.15) is 0 Å². The highest BCUT2D eigenvalue weighted by molar-refractivity contribution is 5.99. The molecule has 1 atom stereocenters. The van der Waals surface area contributed by atoms with Crippen LogP contribution in [0.1, 0.15) is 25.0 Å². The molecule has 5 heteroatoms. The van der Waals surface area contributed by atoms with Crippen LogP contribution in [0.15, 0.2) is 23.7 Å². The Morgan fingerprint density at radius 3 is 2.83 bits per heavy atom. The highest BCUT2D eigenvalue weighted by Crippen LogP contribution is 2.43. The smallest absolute Gasteiger partial charge is 0.158 e. The van der Waals surface area contributed by atoms with Crippen molar-refractivity contribution in [3.8, 4) is 0 Å². The molecule has 4 aliphatic rings. The number of rotatable bonds is 1. The van der Waals surface area contributed by atoms with Crippen molar-refractivity contribution in [3.05, 3.63) is 24.3 Å². The topological polar surface area (TPSA) is 50.6 Å². The summed E-state index contributed by atoms with van der Waals surface area (Å²) in [4.78, 5) is 16.8. The van der Waals surface area contributed by atoms with Crippen molar-refractivity contribution in [2.24, 2.45) is 11.1 Å². The van der Waals surface area contributed by atoms with Gasteiger partial charge in [0.05, 0.1) is 6.20 Å². The van der Waals surface area contributed by atoms with E-state index in [1.54, 1.807) is 18.6 Å². The zero-order valence-corrected chi connectivity index (χ0v) is 10.2. The van der Waals surface area contributed by atoms with Crippen LogP contribution in [0, 0.1) is 5.92 Å². The predicted octanol–water partition coefficient (Wildman–Crippen LogP) is 1.07. The lowest BCUT2D eigenvalue weighted by Gasteiger charge is -2.49. The lowest BCUT2D eigenvalue weighted by molar-refractivity contribution is -0.136. The monoisotopic (exact) mass is 244 g/mol. The summed E-state index contributed by atoms with van der Waals surface area (Å²) in [6.07, 6.45) is 8.52. The summed E-state index contributed by atoms with van der Waals surface area (Å²) in [5, 5.41) is 4.29. The maximum atomic E-state index is 5.86. The second-order valence-electron chi connectivity index (χ2n) is 5.51. The number of oxime groups is 1. The minimum atomic E-state index is -0.0800. The standard InChI is InChI=1S/C13H16N4O/c1-5-17-6-2-10(1)13(9-17)7-11(16-18-13)12-8-14-3-4-15-12/h3-4,8,10H,1-2,5-7,9H2. The van der Waals surface area contributed by atoms with E-state index in [1.807, 2.05) is 0 Å². The summed E-state index contributed by atoms with van der Waals surface area (Å²) >= 11 is 0. The Bertz CT molecular complexity index is 481. The number of nitrogens with zero attached hydrogens (tertiary/aromatic N) is 4. The average molecular weight is 244 g/mol. The van der Waals surface area contributed by atoms with Crippen LogP contribution >= 0.6 is 0 Å². The van der Waals surface area contributed by atoms with Crippen LogP contribution in [0.2, 0.25) is 0 Å². The molecule has 0 aromatic carbocycles. The number of aromatic nitrogens is 2. The fourth-order valence-electron chi connectivity index (χ4n) is 3.51. The normalized spacial score (nSPS) is 37.7. The maximum absolute atomic E-state index is 5.86. The van der Waals surface area contributed by atoms with Crippen LogP contribution in [0.4, 0.5) is 0 Å². The van der Waals surface area contributed by atoms with Gasteiger partial charge in [-0.15, -0.1) is 0 Å². The van der Waals surface area contributed by atoms with Gasteiger partial charge in [0.25, 0.3) is 0 Å². The Balaban J connectivity index is 1.59. The molecule has 94 valence electrons. The summed E-state index contributed by atoms with van der Waals surface area (Å²) in [6.45, 7) is 3.46. The summed E-state index contributed by atoms with van der Waals surface area (Å²) in [5.74, 6) is 0.653. The summed E-state index contributed by atoms with van der Waals surface area (Å²) in [5.41, 5.74) is 1.73. The molecule has 3 fully saturated rings. The summed E-state index contributed by atoms with van der Waals surface area (Å²) < 4.78 is 0. The Morgan fingerprint density at radius 2 is 2.17 bits per heavy atom. The first kappa shape index (κ1) is 10.4. The first-order valence-corrected chi connectivity index (χ1v) is 6.60. The van der Waals surface area contributed by atoms with E-state index in [4.69, 9.17) is 4.84 Å². The van der Waals surface area contributed by atoms with Gasteiger partial charge in [0, 0.05) is 31.3 Å². The van der Waals surface area contributed by atoms with Gasteiger partial charge in [-0.3, -0.25) is 14.9 Å². The highest BCUT2D eigenvalue weighted by atomic mass is 16.7. The molecule has 1 aromatic heterocycles. The molecule has 0 aliphatic carbocycles. The van der Waals surface area contributed by atoms with Gasteiger partial charge in [-0.05, 0) is 25.9 Å². The fourth-order valence-corrected chi connectivity index (χ4v) is 3.51. The minimum absolute atomic E-state index is 0.0800. The molecule has 0 saturated carbocycles. The molecule has 18 heavy (non-hydrogen) atoms. The molecule has 5 rings (SSSR count). The summed E-state index contributed by atoms with van der Waals surface area (Å²) in [6, 6.07) is 0. The van der Waals surface area contributed by atoms with E-state index < -0.39 is 0 Å². The van der Waals surface area contributed by atoms with Crippen molar-refractivity contribution in [2.45, 2.75) is 24.9 Å². The van der Waals surface area contributed by atoms with E-state index in [-0.39, 0.29) is 5.60 Å². The third-order valence-electron chi connectivity index (χ3n) is 4.49. The van der Waals surface area contributed by atoms with Gasteiger partial charge in [0.15, 0.2) is 5.60 Å². The zero-order valence-electron chi connectivity index (χ0n) is 10.2. The molecule has 0 N–H and O–H groups in total. The summed E-state index contributed by atoms with van der Waals surface area (Å²) in [7, 11) is 0. The number of piperidine rings is 3. The molecule has 2 bridgehead atoms. The first-order valence-electron chi connectivity index (χ1n) is 6.60. The maximum Gasteiger partial charge on any atom is 0.158 e. The lowest BCUT2D eigenvalue weighted by atomic mass is 9.73. The van der Waals surface area contributed by atoms with Crippen LogP contribution < -0.4 is 0 Å². The SMILES string of the molecule is c1cnc(C2=NOC3(C2)CN2CCC3CC2)cn1. The number of hydrogen-bond acceptors (Lipinski definition) is 5. The first-order chi connectivity index (χ1) is 8.86. The van der Waals surface area contributed by atoms with Crippen molar-refractivity contribution in [1.29, 1.82) is 0 Å². The third-order valence-corrected chi connectivity index (χ3v) is 4.49. The van der Waals surface area contributed by atoms with Crippen LogP contribution in [0.25, 0.3) is 0 Å². The van der Waals surface area contributed by atoms with Gasteiger partial charge < -0.3 is 4.84 Å². The van der Waals surface area contributed by atoms with E-state index in [1.165, 1.54) is 25.9 Å². The zero-order chi connectivity index (χ0) is 12.0. The van der Waals surface area contributed by atoms with E-state index in [0.29, 0.717) is 5.92 Å². The van der Waals surface area contributed by atoms with E-state index in [2.05, 4.69) is 20.0 Å². The molecule has 5 nitrogen and oxygen atoms in total. The molecule has 5 heterocycles. The number of fused-ring (bicyclic) bond motifs is 2. The molecule has 1 unspecified atom stereocenters. The van der Waals surface area contributed by atoms with Crippen molar-refractivity contribution < 1.29 is 4.84 Å². The second-order valence-corrected chi connectivity index (χ2v) is 5.51. The van der Waals surface area contributed by atoms with E-state index >= 15 is 0 Å². The molecular formula is C13H16N4O. The quantitative estimate of drug-likeness (QED) is 0.741. The highest BCUT2D eigenvalue weighted by Gasteiger charge is 2.52. The Morgan fingerprint density at radius 1 is 1.28 bits per heavy atom. The minimum Gasteiger partial charge on any atom is -0.387 e. The number of hydrogen-bond donors (Lipinski definition) is 0. The van der Waals surface area contributed by atoms with Gasteiger partial charge >= 0.3 is 0 Å². The fraction of sp³-hybridized carbons (Fsp3) is 0.615. The van der Waals surface area contributed by atoms with Crippen LogP contribution in [0.3, 0.4) is 0 Å². The van der Waals surface area contributed by atoms with Gasteiger partial charge in [-0.25, -0.2) is 0 Å². The molecule has 4 aliphatic heterocycles.